The standard InChI is InChI=1S/C16H12NO3.C5H5.Fe/c1-10(18)17-12-6-7-15-13(8-12)14(19)9-16(20-15)11-4-2-3-5-11;1-2-4-5-3-1;/h2-9H,1H3,(H,17,18);1-5H;. The number of nitrogens with one attached hydrogen (secondary N) is 1. The van der Waals surface area contributed by atoms with Crippen LogP contribution in [0, 0.1) is 0 Å². The van der Waals surface area contributed by atoms with E-state index in [9.17, 15) is 9.59 Å². The Morgan fingerprint density at radius 3 is 2.19 bits per heavy atom. The summed E-state index contributed by atoms with van der Waals surface area (Å²) in [6.45, 7) is -1.82. The SMILES string of the molecule is CC(=O)Nc1ccc2oc([C]34[CH]5[CH]6[CH]7[CH]3[Fe]6754389%10[CH]4[CH]3[CH]8[CH]9[CH]4%10)cc(=O)c2c1. The molecule has 26 heavy (non-hydrogen) atoms. The molecule has 4 atom stereocenters. The summed E-state index contributed by atoms with van der Waals surface area (Å²) >= 11 is 0. The summed E-state index contributed by atoms with van der Waals surface area (Å²) in [6.07, 6.45) is 0. The molecule has 0 radical (unpaired) electrons. The summed E-state index contributed by atoms with van der Waals surface area (Å²) in [5.74, 6) is 1.01. The third-order valence-corrected chi connectivity index (χ3v) is 59.4. The molecule has 4 unspecified atom stereocenters. The van der Waals surface area contributed by atoms with E-state index in [0.29, 0.717) is 15.4 Å². The average molecular weight is 387 g/mol. The third-order valence-electron chi connectivity index (χ3n) is 17.1. The first-order valence-corrected chi connectivity index (χ1v) is 16.2. The average Bonchev–Trinajstić information content (AvgIpc) is 3.54. The molecular formula is C21H17FeNO3. The van der Waals surface area contributed by atoms with Crippen molar-refractivity contribution in [3.05, 3.63) is 40.2 Å². The van der Waals surface area contributed by atoms with E-state index in [1.54, 1.807) is 6.07 Å². The van der Waals surface area contributed by atoms with Gasteiger partial charge in [-0.05, 0) is 0 Å². The molecule has 0 aliphatic carbocycles. The second kappa shape index (κ2) is 1.17. The van der Waals surface area contributed by atoms with E-state index in [1.807, 2.05) is 18.2 Å². The number of rotatable bonds is 2. The van der Waals surface area contributed by atoms with Crippen molar-refractivity contribution in [2.75, 3.05) is 5.32 Å². The molecule has 10 aliphatic heterocycles. The van der Waals surface area contributed by atoms with Crippen molar-refractivity contribution in [1.82, 2.24) is 0 Å². The molecule has 2 aromatic rings. The minimum absolute atomic E-state index is 0.0874. The first-order chi connectivity index (χ1) is 12.3. The molecule has 1 spiro atoms. The van der Waals surface area contributed by atoms with Crippen molar-refractivity contribution in [2.45, 2.75) is 54.6 Å². The zero-order valence-corrected chi connectivity index (χ0v) is 15.2. The van der Waals surface area contributed by atoms with E-state index in [2.05, 4.69) is 5.32 Å². The molecule has 10 aliphatic rings. The second-order valence-corrected chi connectivity index (χ2v) is 36.6. The third kappa shape index (κ3) is 0.169. The number of fused-ring (bicyclic) bond motifs is 11. The Kier molecular flexibility index (Phi) is 0.479. The summed E-state index contributed by atoms with van der Waals surface area (Å²) in [6, 6.07) is 7.40. The van der Waals surface area contributed by atoms with Gasteiger partial charge >= 0.3 is 138 Å². The van der Waals surface area contributed by atoms with Gasteiger partial charge in [0.15, 0.2) is 0 Å². The topological polar surface area (TPSA) is 59.3 Å². The van der Waals surface area contributed by atoms with Gasteiger partial charge in [-0.1, -0.05) is 0 Å². The molecule has 5 heteroatoms. The summed E-state index contributed by atoms with van der Waals surface area (Å²) in [4.78, 5) is 35.1. The Balaban J connectivity index is 1.20. The van der Waals surface area contributed by atoms with Crippen molar-refractivity contribution in [1.29, 1.82) is 0 Å². The number of anilines is 1. The normalized spacial score (nSPS) is 81.8. The van der Waals surface area contributed by atoms with Gasteiger partial charge in [0, 0.05) is 0 Å². The van der Waals surface area contributed by atoms with Crippen LogP contribution >= 0.6 is 0 Å². The molecule has 1 N–H and O–H groups in total. The number of benzene rings is 1. The number of carbonyl (C=O) groups is 1. The van der Waals surface area contributed by atoms with Crippen LogP contribution in [0.15, 0.2) is 33.5 Å². The van der Waals surface area contributed by atoms with E-state index in [-0.39, 0.29) is 11.3 Å². The molecular weight excluding hydrogens is 370 g/mol. The van der Waals surface area contributed by atoms with Gasteiger partial charge in [-0.15, -0.1) is 0 Å². The molecule has 1 aromatic carbocycles. The van der Waals surface area contributed by atoms with E-state index in [0.717, 1.165) is 21.0 Å². The molecule has 0 bridgehead atoms. The fourth-order valence-corrected chi connectivity index (χ4v) is 92.4. The molecule has 1 aromatic heterocycles. The van der Waals surface area contributed by atoms with Gasteiger partial charge in [-0.25, -0.2) is 0 Å². The van der Waals surface area contributed by atoms with Crippen LogP contribution in [-0.2, 0) is 15.6 Å². The van der Waals surface area contributed by atoms with E-state index in [4.69, 9.17) is 4.42 Å². The fraction of sp³-hybridized carbons (Fsp3) is 0.524. The van der Waals surface area contributed by atoms with Crippen molar-refractivity contribution in [3.8, 4) is 0 Å². The molecule has 11 heterocycles. The van der Waals surface area contributed by atoms with Gasteiger partial charge in [0.25, 0.3) is 0 Å². The van der Waals surface area contributed by atoms with Crippen LogP contribution < -0.4 is 10.7 Å². The van der Waals surface area contributed by atoms with E-state index in [1.165, 1.54) is 40.6 Å². The van der Waals surface area contributed by atoms with Crippen molar-refractivity contribution < 1.29 is 15.7 Å². The zero-order chi connectivity index (χ0) is 16.7. The maximum absolute atomic E-state index is 13.0. The first-order valence-electron chi connectivity index (χ1n) is 9.89. The second-order valence-electron chi connectivity index (χ2n) is 13.0. The van der Waals surface area contributed by atoms with Gasteiger partial charge in [-0.2, -0.15) is 0 Å². The monoisotopic (exact) mass is 387 g/mol. The van der Waals surface area contributed by atoms with Crippen molar-refractivity contribution >= 4 is 22.6 Å². The van der Waals surface area contributed by atoms with Crippen LogP contribution in [0.4, 0.5) is 5.69 Å². The van der Waals surface area contributed by atoms with Crippen LogP contribution in [0.2, 0.25) is 43.3 Å². The predicted octanol–water partition coefficient (Wildman–Crippen LogP) is 4.55. The summed E-state index contributed by atoms with van der Waals surface area (Å²) in [7, 11) is 0. The summed E-state index contributed by atoms with van der Waals surface area (Å²) in [5, 5.41) is 3.37. The molecule has 4 nitrogen and oxygen atoms in total. The molecule has 10 fully saturated rings. The fourth-order valence-electron chi connectivity index (χ4n) is 18.5. The molecule has 1 amide bonds. The number of amides is 1. The van der Waals surface area contributed by atoms with E-state index >= 15 is 0 Å². The van der Waals surface area contributed by atoms with Gasteiger partial charge in [0.05, 0.1) is 0 Å². The Bertz CT molecular complexity index is 1630. The van der Waals surface area contributed by atoms with Crippen LogP contribution in [0.5, 0.6) is 0 Å². The Labute approximate surface area is 138 Å². The predicted molar refractivity (Wildman–Crippen MR) is 92.2 cm³/mol. The summed E-state index contributed by atoms with van der Waals surface area (Å²) in [5.41, 5.74) is 1.48. The van der Waals surface area contributed by atoms with Crippen molar-refractivity contribution in [3.63, 3.8) is 0 Å². The van der Waals surface area contributed by atoms with Crippen LogP contribution in [-0.4, -0.2) is 5.91 Å². The van der Waals surface area contributed by atoms with Gasteiger partial charge in [0.2, 0.25) is 0 Å². The Morgan fingerprint density at radius 1 is 1.04 bits per heavy atom. The van der Waals surface area contributed by atoms with Gasteiger partial charge in [0.1, 0.15) is 0 Å². The van der Waals surface area contributed by atoms with Crippen LogP contribution in [0.1, 0.15) is 12.7 Å². The van der Waals surface area contributed by atoms with Gasteiger partial charge in [-0.3, -0.25) is 0 Å². The van der Waals surface area contributed by atoms with Gasteiger partial charge < -0.3 is 0 Å². The molecule has 0 saturated carbocycles. The quantitative estimate of drug-likeness (QED) is 0.770. The number of carbonyl (C=O) groups excluding carboxylic acids is 1. The minimum atomic E-state index is -3.30. The number of hydrogen-bond acceptors (Lipinski definition) is 3. The molecule has 10 saturated heterocycles. The molecule has 12 rings (SSSR count). The van der Waals surface area contributed by atoms with Crippen molar-refractivity contribution in [2.24, 2.45) is 0 Å². The Hall–Kier alpha value is -1.58. The Morgan fingerprint density at radius 2 is 1.69 bits per heavy atom. The first kappa shape index (κ1) is 10.7. The zero-order valence-electron chi connectivity index (χ0n) is 14.1. The summed E-state index contributed by atoms with van der Waals surface area (Å²) < 4.78 is 7.03. The van der Waals surface area contributed by atoms with Crippen LogP contribution in [0.25, 0.3) is 11.0 Å². The maximum atomic E-state index is 13.0. The van der Waals surface area contributed by atoms with E-state index < -0.39 is 6.51 Å². The molecule has 132 valence electrons. The number of hydrogen-bond donors (Lipinski definition) is 1. The van der Waals surface area contributed by atoms with Crippen LogP contribution in [0.3, 0.4) is 0 Å².